The number of aromatic nitrogens is 2. The molecule has 2 aliphatic rings. The van der Waals surface area contributed by atoms with Gasteiger partial charge in [-0.2, -0.15) is 5.26 Å². The van der Waals surface area contributed by atoms with Gasteiger partial charge in [0.15, 0.2) is 11.6 Å². The van der Waals surface area contributed by atoms with E-state index in [4.69, 9.17) is 27.1 Å². The molecule has 4 heterocycles. The van der Waals surface area contributed by atoms with Crippen LogP contribution in [0.15, 0.2) is 37.1 Å². The number of rotatable bonds is 5. The number of nitriles is 1. The molecule has 0 aliphatic carbocycles. The minimum Gasteiger partial charge on any atom is -0.489 e. The predicted molar refractivity (Wildman–Crippen MR) is 156 cm³/mol. The molecule has 7 nitrogen and oxygen atoms in total. The van der Waals surface area contributed by atoms with Crippen molar-refractivity contribution in [3.63, 3.8) is 0 Å². The second kappa shape index (κ2) is 9.91. The van der Waals surface area contributed by atoms with E-state index in [-0.39, 0.29) is 60.7 Å². The summed E-state index contributed by atoms with van der Waals surface area (Å²) in [6, 6.07) is 4.76. The molecule has 0 spiro atoms. The van der Waals surface area contributed by atoms with Gasteiger partial charge in [0, 0.05) is 42.2 Å². The maximum Gasteiger partial charge on any atom is 0.159 e. The fraction of sp³-hybridized carbons (Fsp3) is 0.276. The summed E-state index contributed by atoms with van der Waals surface area (Å²) in [7, 11) is 0. The Morgan fingerprint density at radius 1 is 1.32 bits per heavy atom. The first kappa shape index (κ1) is 26.3. The lowest BCUT2D eigenvalue weighted by Gasteiger charge is -2.30. The summed E-state index contributed by atoms with van der Waals surface area (Å²) in [6.45, 7) is 12.1. The van der Waals surface area contributed by atoms with Crippen molar-refractivity contribution in [2.75, 3.05) is 36.9 Å². The molecule has 11 heteroatoms. The van der Waals surface area contributed by atoms with Gasteiger partial charge in [0.2, 0.25) is 0 Å². The largest absolute Gasteiger partial charge is 0.489 e. The smallest absolute Gasteiger partial charge is 0.159 e. The molecule has 6 rings (SSSR count). The molecule has 40 heavy (non-hydrogen) atoms. The molecule has 0 radical (unpaired) electrons. The minimum atomic E-state index is -0.692. The number of nitrogens with two attached hydrogens (primary N) is 1. The van der Waals surface area contributed by atoms with Gasteiger partial charge < -0.3 is 20.3 Å². The van der Waals surface area contributed by atoms with Crippen molar-refractivity contribution < 1.29 is 13.5 Å². The number of allylic oxidation sites excluding steroid dienone is 1. The second-order valence-corrected chi connectivity index (χ2v) is 11.2. The Labute approximate surface area is 238 Å². The topological polar surface area (TPSA) is 91.3 Å². The molecule has 1 fully saturated rings. The average Bonchev–Trinajstić information content (AvgIpc) is 3.52. The molecule has 2 N–H and O–H groups in total. The number of benzene rings is 2. The number of hydrogen-bond acceptors (Lipinski definition) is 8. The molecule has 0 amide bonds. The molecule has 0 bridgehead atoms. The van der Waals surface area contributed by atoms with E-state index in [0.717, 1.165) is 30.0 Å². The van der Waals surface area contributed by atoms with E-state index >= 15 is 4.39 Å². The van der Waals surface area contributed by atoms with Crippen LogP contribution in [0.25, 0.3) is 32.1 Å². The Bertz CT molecular complexity index is 1780. The molecule has 1 atom stereocenters. The first-order valence-electron chi connectivity index (χ1n) is 12.9. The van der Waals surface area contributed by atoms with Gasteiger partial charge >= 0.3 is 0 Å². The monoisotopic (exact) mass is 578 g/mol. The quantitative estimate of drug-likeness (QED) is 0.273. The lowest BCUT2D eigenvalue weighted by atomic mass is 9.96. The van der Waals surface area contributed by atoms with Crippen LogP contribution in [-0.2, 0) is 6.42 Å². The SMILES string of the molecule is C=CC(=C)N1CCC(N2CCOc3c(Cl)c(-c4ccc(F)c5sc(N)c(C#N)c45)c(F)c4nc(CC)nc2c34)C1. The third kappa shape index (κ3) is 3.87. The van der Waals surface area contributed by atoms with Crippen LogP contribution in [0.4, 0.5) is 19.6 Å². The summed E-state index contributed by atoms with van der Waals surface area (Å²) in [5, 5.41) is 10.6. The highest BCUT2D eigenvalue weighted by atomic mass is 35.5. The highest BCUT2D eigenvalue weighted by Crippen LogP contribution is 2.50. The number of fused-ring (bicyclic) bond motifs is 1. The van der Waals surface area contributed by atoms with Crippen molar-refractivity contribution in [1.29, 1.82) is 5.26 Å². The Morgan fingerprint density at radius 2 is 2.12 bits per heavy atom. The van der Waals surface area contributed by atoms with Crippen molar-refractivity contribution in [3.05, 3.63) is 65.1 Å². The van der Waals surface area contributed by atoms with Gasteiger partial charge in [-0.3, -0.25) is 0 Å². The van der Waals surface area contributed by atoms with Crippen LogP contribution in [0.1, 0.15) is 24.7 Å². The predicted octanol–water partition coefficient (Wildman–Crippen LogP) is 6.43. The number of nitrogen functional groups attached to an aromatic ring is 1. The Hall–Kier alpha value is -3.94. The molecule has 204 valence electrons. The van der Waals surface area contributed by atoms with Gasteiger partial charge in [-0.1, -0.05) is 37.7 Å². The van der Waals surface area contributed by atoms with Crippen LogP contribution in [0, 0.1) is 23.0 Å². The zero-order chi connectivity index (χ0) is 28.3. The summed E-state index contributed by atoms with van der Waals surface area (Å²) in [4.78, 5) is 13.7. The Kier molecular flexibility index (Phi) is 6.51. The fourth-order valence-electron chi connectivity index (χ4n) is 5.64. The lowest BCUT2D eigenvalue weighted by molar-refractivity contribution is 0.326. The summed E-state index contributed by atoms with van der Waals surface area (Å²) in [6.07, 6.45) is 3.08. The second-order valence-electron chi connectivity index (χ2n) is 9.75. The maximum absolute atomic E-state index is 16.7. The van der Waals surface area contributed by atoms with Crippen LogP contribution in [0.2, 0.25) is 5.02 Å². The molecular formula is C29H25ClF2N6OS. The van der Waals surface area contributed by atoms with E-state index in [1.807, 2.05) is 13.0 Å². The van der Waals surface area contributed by atoms with Gasteiger partial charge in [0.05, 0.1) is 27.2 Å². The van der Waals surface area contributed by atoms with Crippen LogP contribution < -0.4 is 15.4 Å². The highest BCUT2D eigenvalue weighted by molar-refractivity contribution is 7.23. The highest BCUT2D eigenvalue weighted by Gasteiger charge is 2.35. The number of likely N-dealkylation sites (tertiary alicyclic amines) is 1. The maximum atomic E-state index is 16.7. The van der Waals surface area contributed by atoms with E-state index in [9.17, 15) is 9.65 Å². The molecule has 4 aromatic rings. The third-order valence-electron chi connectivity index (χ3n) is 7.62. The van der Waals surface area contributed by atoms with Gasteiger partial charge in [-0.05, 0) is 24.1 Å². The summed E-state index contributed by atoms with van der Waals surface area (Å²) < 4.78 is 37.8. The van der Waals surface area contributed by atoms with E-state index in [0.29, 0.717) is 36.5 Å². The number of aryl methyl sites for hydroxylation is 1. The van der Waals surface area contributed by atoms with Crippen molar-refractivity contribution >= 4 is 54.7 Å². The van der Waals surface area contributed by atoms with Gasteiger partial charge in [-0.15, -0.1) is 11.3 Å². The molecule has 2 aliphatic heterocycles. The Balaban J connectivity index is 1.62. The average molecular weight is 579 g/mol. The Morgan fingerprint density at radius 3 is 2.85 bits per heavy atom. The number of hydrogen-bond donors (Lipinski definition) is 1. The van der Waals surface area contributed by atoms with Crippen LogP contribution in [0.5, 0.6) is 5.75 Å². The minimum absolute atomic E-state index is 0.00982. The normalized spacial score (nSPS) is 16.7. The van der Waals surface area contributed by atoms with Crippen LogP contribution in [-0.4, -0.2) is 47.2 Å². The van der Waals surface area contributed by atoms with Crippen LogP contribution in [0.3, 0.4) is 0 Å². The molecule has 0 saturated carbocycles. The number of thiophene rings is 1. The lowest BCUT2D eigenvalue weighted by Crippen LogP contribution is -2.40. The number of ether oxygens (including phenoxy) is 1. The summed E-state index contributed by atoms with van der Waals surface area (Å²) >= 11 is 7.88. The standard InChI is InChI=1S/C29H25ClF2N6OS/c1-4-14(3)37-9-8-15(13-37)38-10-11-39-26-22-25(35-19(5-2)36-29(22)38)24(32)21(23(26)30)16-6-7-18(31)27-20(16)17(12-33)28(34)40-27/h4,6-7,15H,1,3,5,8-11,13,34H2,2H3. The zero-order valence-electron chi connectivity index (χ0n) is 21.7. The first-order valence-corrected chi connectivity index (χ1v) is 14.1. The van der Waals surface area contributed by atoms with Gasteiger partial charge in [0.1, 0.15) is 40.7 Å². The molecule has 1 unspecified atom stereocenters. The van der Waals surface area contributed by atoms with E-state index in [2.05, 4.69) is 27.9 Å². The molecular weight excluding hydrogens is 554 g/mol. The van der Waals surface area contributed by atoms with E-state index in [1.54, 1.807) is 6.08 Å². The van der Waals surface area contributed by atoms with Crippen molar-refractivity contribution in [2.24, 2.45) is 0 Å². The first-order chi connectivity index (χ1) is 19.3. The molecule has 1 saturated heterocycles. The zero-order valence-corrected chi connectivity index (χ0v) is 23.3. The number of halogens is 3. The molecule has 2 aromatic heterocycles. The third-order valence-corrected chi connectivity index (χ3v) is 9.01. The van der Waals surface area contributed by atoms with Crippen molar-refractivity contribution in [2.45, 2.75) is 25.8 Å². The molecule has 2 aromatic carbocycles. The van der Waals surface area contributed by atoms with Crippen molar-refractivity contribution in [3.8, 4) is 22.9 Å². The number of nitrogens with zero attached hydrogens (tertiary/aromatic N) is 5. The van der Waals surface area contributed by atoms with Gasteiger partial charge in [-0.25, -0.2) is 18.7 Å². The van der Waals surface area contributed by atoms with Crippen LogP contribution >= 0.6 is 22.9 Å². The van der Waals surface area contributed by atoms with Crippen molar-refractivity contribution in [1.82, 2.24) is 14.9 Å². The number of anilines is 2. The van der Waals surface area contributed by atoms with Gasteiger partial charge in [0.25, 0.3) is 0 Å². The summed E-state index contributed by atoms with van der Waals surface area (Å²) in [5.74, 6) is 0.0565. The van der Waals surface area contributed by atoms with E-state index < -0.39 is 11.6 Å². The summed E-state index contributed by atoms with van der Waals surface area (Å²) in [5.41, 5.74) is 7.26. The fourth-order valence-corrected chi connectivity index (χ4v) is 6.92. The van der Waals surface area contributed by atoms with E-state index in [1.165, 1.54) is 12.1 Å².